The van der Waals surface area contributed by atoms with Crippen LogP contribution in [0.15, 0.2) is 42.5 Å². The fourth-order valence-electron chi connectivity index (χ4n) is 2.83. The van der Waals surface area contributed by atoms with Crippen molar-refractivity contribution < 1.29 is 5.11 Å². The highest BCUT2D eigenvalue weighted by Gasteiger charge is 2.15. The summed E-state index contributed by atoms with van der Waals surface area (Å²) in [6, 6.07) is 13.9. The SMILES string of the molecule is Oc1ccc(Cl)cc1CN1CCCc2ccccc2C1. The molecule has 0 bridgehead atoms. The largest absolute Gasteiger partial charge is 0.508 e. The lowest BCUT2D eigenvalue weighted by atomic mass is 10.0. The molecule has 0 saturated heterocycles. The Morgan fingerprint density at radius 3 is 2.75 bits per heavy atom. The van der Waals surface area contributed by atoms with Gasteiger partial charge in [-0.2, -0.15) is 0 Å². The van der Waals surface area contributed by atoms with E-state index in [1.807, 2.05) is 6.07 Å². The molecule has 1 aliphatic rings. The van der Waals surface area contributed by atoms with Gasteiger partial charge in [-0.15, -0.1) is 0 Å². The van der Waals surface area contributed by atoms with Crippen molar-refractivity contribution in [2.45, 2.75) is 25.9 Å². The molecule has 0 radical (unpaired) electrons. The lowest BCUT2D eigenvalue weighted by Gasteiger charge is -2.21. The summed E-state index contributed by atoms with van der Waals surface area (Å²) in [6.45, 7) is 2.71. The van der Waals surface area contributed by atoms with Gasteiger partial charge in [-0.3, -0.25) is 4.90 Å². The minimum Gasteiger partial charge on any atom is -0.508 e. The normalized spacial score (nSPS) is 15.7. The molecule has 3 heteroatoms. The Morgan fingerprint density at radius 2 is 1.90 bits per heavy atom. The van der Waals surface area contributed by atoms with Crippen LogP contribution in [0.5, 0.6) is 5.75 Å². The van der Waals surface area contributed by atoms with E-state index in [1.54, 1.807) is 12.1 Å². The van der Waals surface area contributed by atoms with E-state index in [0.29, 0.717) is 10.8 Å². The quantitative estimate of drug-likeness (QED) is 0.903. The zero-order valence-corrected chi connectivity index (χ0v) is 12.1. The molecule has 0 spiro atoms. The first-order valence-electron chi connectivity index (χ1n) is 6.99. The van der Waals surface area contributed by atoms with Gasteiger partial charge >= 0.3 is 0 Å². The van der Waals surface area contributed by atoms with Gasteiger partial charge in [0.05, 0.1) is 0 Å². The Morgan fingerprint density at radius 1 is 1.10 bits per heavy atom. The number of hydrogen-bond acceptors (Lipinski definition) is 2. The fraction of sp³-hybridized carbons (Fsp3) is 0.294. The van der Waals surface area contributed by atoms with Gasteiger partial charge in [-0.05, 0) is 48.7 Å². The standard InChI is InChI=1S/C17H18ClNO/c18-16-7-8-17(20)15(10-16)12-19-9-3-6-13-4-1-2-5-14(13)11-19/h1-2,4-5,7-8,10,20H,3,6,9,11-12H2. The Balaban J connectivity index is 1.80. The van der Waals surface area contributed by atoms with Gasteiger partial charge in [-0.1, -0.05) is 35.9 Å². The summed E-state index contributed by atoms with van der Waals surface area (Å²) in [5.41, 5.74) is 3.74. The Hall–Kier alpha value is -1.51. The van der Waals surface area contributed by atoms with Crippen molar-refractivity contribution in [3.8, 4) is 5.75 Å². The topological polar surface area (TPSA) is 23.5 Å². The van der Waals surface area contributed by atoms with Crippen LogP contribution < -0.4 is 0 Å². The van der Waals surface area contributed by atoms with Crippen LogP contribution in [0.2, 0.25) is 5.02 Å². The van der Waals surface area contributed by atoms with Crippen LogP contribution >= 0.6 is 11.6 Å². The highest BCUT2D eigenvalue weighted by atomic mass is 35.5. The average molecular weight is 288 g/mol. The molecule has 2 aromatic rings. The Kier molecular flexibility index (Phi) is 3.95. The molecule has 0 saturated carbocycles. The number of rotatable bonds is 2. The van der Waals surface area contributed by atoms with E-state index in [0.717, 1.165) is 38.0 Å². The minimum absolute atomic E-state index is 0.326. The zero-order valence-electron chi connectivity index (χ0n) is 11.3. The van der Waals surface area contributed by atoms with Crippen molar-refractivity contribution in [1.29, 1.82) is 0 Å². The number of nitrogens with zero attached hydrogens (tertiary/aromatic N) is 1. The summed E-state index contributed by atoms with van der Waals surface area (Å²) in [5.74, 6) is 0.326. The van der Waals surface area contributed by atoms with Crippen molar-refractivity contribution >= 4 is 11.6 Å². The maximum Gasteiger partial charge on any atom is 0.120 e. The zero-order chi connectivity index (χ0) is 13.9. The fourth-order valence-corrected chi connectivity index (χ4v) is 3.02. The molecule has 0 aromatic heterocycles. The van der Waals surface area contributed by atoms with E-state index in [-0.39, 0.29) is 0 Å². The molecular formula is C17H18ClNO. The molecule has 0 unspecified atom stereocenters. The summed E-state index contributed by atoms with van der Waals surface area (Å²) in [7, 11) is 0. The number of benzene rings is 2. The van der Waals surface area contributed by atoms with Crippen molar-refractivity contribution in [2.75, 3.05) is 6.54 Å². The first-order chi connectivity index (χ1) is 9.72. The van der Waals surface area contributed by atoms with E-state index in [4.69, 9.17) is 11.6 Å². The Labute approximate surface area is 124 Å². The summed E-state index contributed by atoms with van der Waals surface area (Å²) in [4.78, 5) is 2.37. The number of hydrogen-bond donors (Lipinski definition) is 1. The van der Waals surface area contributed by atoms with E-state index < -0.39 is 0 Å². The molecular weight excluding hydrogens is 270 g/mol. The maximum absolute atomic E-state index is 9.95. The molecule has 1 N–H and O–H groups in total. The Bertz CT molecular complexity index is 612. The van der Waals surface area contributed by atoms with Crippen molar-refractivity contribution in [3.05, 3.63) is 64.2 Å². The van der Waals surface area contributed by atoms with Crippen LogP contribution in [-0.2, 0) is 19.5 Å². The molecule has 20 heavy (non-hydrogen) atoms. The first kappa shape index (κ1) is 13.5. The van der Waals surface area contributed by atoms with Crippen LogP contribution in [0, 0.1) is 0 Å². The van der Waals surface area contributed by atoms with E-state index in [1.165, 1.54) is 11.1 Å². The van der Waals surface area contributed by atoms with Gasteiger partial charge in [0.15, 0.2) is 0 Å². The number of phenolic OH excluding ortho intramolecular Hbond substituents is 1. The molecule has 2 nitrogen and oxygen atoms in total. The average Bonchev–Trinajstić information content (AvgIpc) is 2.64. The predicted octanol–water partition coefficient (Wildman–Crippen LogP) is 3.99. The second kappa shape index (κ2) is 5.86. The van der Waals surface area contributed by atoms with Gasteiger partial charge in [0, 0.05) is 23.7 Å². The van der Waals surface area contributed by atoms with Crippen LogP contribution in [0.3, 0.4) is 0 Å². The first-order valence-corrected chi connectivity index (χ1v) is 7.37. The van der Waals surface area contributed by atoms with Gasteiger partial charge in [-0.25, -0.2) is 0 Å². The van der Waals surface area contributed by atoms with E-state index >= 15 is 0 Å². The number of halogens is 1. The smallest absolute Gasteiger partial charge is 0.120 e. The number of aryl methyl sites for hydroxylation is 1. The highest BCUT2D eigenvalue weighted by molar-refractivity contribution is 6.30. The van der Waals surface area contributed by atoms with Crippen LogP contribution in [-0.4, -0.2) is 16.6 Å². The third-order valence-corrected chi connectivity index (χ3v) is 4.10. The third-order valence-electron chi connectivity index (χ3n) is 3.87. The maximum atomic E-state index is 9.95. The second-order valence-electron chi connectivity index (χ2n) is 5.36. The monoisotopic (exact) mass is 287 g/mol. The van der Waals surface area contributed by atoms with Gasteiger partial charge < -0.3 is 5.11 Å². The lowest BCUT2D eigenvalue weighted by Crippen LogP contribution is -2.22. The van der Waals surface area contributed by atoms with Crippen LogP contribution in [0.4, 0.5) is 0 Å². The summed E-state index contributed by atoms with van der Waals surface area (Å²) in [5, 5.41) is 10.6. The molecule has 0 atom stereocenters. The second-order valence-corrected chi connectivity index (χ2v) is 5.79. The van der Waals surface area contributed by atoms with Crippen molar-refractivity contribution in [3.63, 3.8) is 0 Å². The predicted molar refractivity (Wildman–Crippen MR) is 82.0 cm³/mol. The summed E-state index contributed by atoms with van der Waals surface area (Å²) < 4.78 is 0. The lowest BCUT2D eigenvalue weighted by molar-refractivity contribution is 0.257. The van der Waals surface area contributed by atoms with Gasteiger partial charge in [0.2, 0.25) is 0 Å². The van der Waals surface area contributed by atoms with Crippen molar-refractivity contribution in [2.24, 2.45) is 0 Å². The molecule has 3 rings (SSSR count). The molecule has 104 valence electrons. The molecule has 1 heterocycles. The molecule has 0 amide bonds. The molecule has 0 aliphatic carbocycles. The molecule has 1 aliphatic heterocycles. The number of phenols is 1. The summed E-state index contributed by atoms with van der Waals surface area (Å²) >= 11 is 6.02. The van der Waals surface area contributed by atoms with Crippen LogP contribution in [0.1, 0.15) is 23.1 Å². The van der Waals surface area contributed by atoms with Crippen LogP contribution in [0.25, 0.3) is 0 Å². The third kappa shape index (κ3) is 2.97. The van der Waals surface area contributed by atoms with Crippen molar-refractivity contribution in [1.82, 2.24) is 4.90 Å². The van der Waals surface area contributed by atoms with Gasteiger partial charge in [0.1, 0.15) is 5.75 Å². The van der Waals surface area contributed by atoms with E-state index in [2.05, 4.69) is 29.2 Å². The number of fused-ring (bicyclic) bond motifs is 1. The molecule has 0 fully saturated rings. The highest BCUT2D eigenvalue weighted by Crippen LogP contribution is 2.25. The number of aromatic hydroxyl groups is 1. The molecule has 2 aromatic carbocycles. The van der Waals surface area contributed by atoms with Gasteiger partial charge in [0.25, 0.3) is 0 Å². The van der Waals surface area contributed by atoms with E-state index in [9.17, 15) is 5.11 Å². The summed E-state index contributed by atoms with van der Waals surface area (Å²) in [6.07, 6.45) is 2.28. The minimum atomic E-state index is 0.326.